The summed E-state index contributed by atoms with van der Waals surface area (Å²) in [6.07, 6.45) is 5.70. The first-order chi connectivity index (χ1) is 19.4. The minimum Gasteiger partial charge on any atom is -0.340 e. The van der Waals surface area contributed by atoms with Crippen LogP contribution in [0.2, 0.25) is 0 Å². The number of anilines is 1. The molecule has 0 amide bonds. The SMILES string of the molecule is C=C(Nc1nc(-c2nn(Cc3ccccc3F)c3ncccc23)ncc1C1CC1)c1ccc(N=[N+]=[N-])c(C)c1C. The number of aromatic nitrogens is 5. The summed E-state index contributed by atoms with van der Waals surface area (Å²) in [6.45, 7) is 8.42. The Morgan fingerprint density at radius 1 is 1.12 bits per heavy atom. The van der Waals surface area contributed by atoms with E-state index in [4.69, 9.17) is 20.6 Å². The number of pyridine rings is 1. The molecule has 40 heavy (non-hydrogen) atoms. The lowest BCUT2D eigenvalue weighted by Crippen LogP contribution is -2.07. The number of halogens is 1. The molecule has 9 nitrogen and oxygen atoms in total. The summed E-state index contributed by atoms with van der Waals surface area (Å²) >= 11 is 0. The highest BCUT2D eigenvalue weighted by Crippen LogP contribution is 2.44. The van der Waals surface area contributed by atoms with E-state index in [0.717, 1.165) is 40.5 Å². The van der Waals surface area contributed by atoms with Crippen LogP contribution in [0.3, 0.4) is 0 Å². The predicted octanol–water partition coefficient (Wildman–Crippen LogP) is 7.59. The molecule has 1 saturated carbocycles. The smallest absolute Gasteiger partial charge is 0.182 e. The van der Waals surface area contributed by atoms with Gasteiger partial charge in [-0.25, -0.2) is 24.0 Å². The van der Waals surface area contributed by atoms with Crippen LogP contribution >= 0.6 is 0 Å². The Kier molecular flexibility index (Phi) is 6.45. The van der Waals surface area contributed by atoms with Crippen molar-refractivity contribution in [3.63, 3.8) is 0 Å². The van der Waals surface area contributed by atoms with Crippen molar-refractivity contribution in [1.29, 1.82) is 0 Å². The van der Waals surface area contributed by atoms with Gasteiger partial charge in [-0.05, 0) is 67.5 Å². The molecule has 0 spiro atoms. The van der Waals surface area contributed by atoms with Gasteiger partial charge < -0.3 is 5.32 Å². The van der Waals surface area contributed by atoms with Crippen molar-refractivity contribution >= 4 is 28.2 Å². The summed E-state index contributed by atoms with van der Waals surface area (Å²) in [4.78, 5) is 17.1. The average Bonchev–Trinajstić information content (AvgIpc) is 3.74. The summed E-state index contributed by atoms with van der Waals surface area (Å²) in [6, 6.07) is 14.1. The highest BCUT2D eigenvalue weighted by Gasteiger charge is 2.29. The predicted molar refractivity (Wildman–Crippen MR) is 153 cm³/mol. The van der Waals surface area contributed by atoms with Crippen molar-refractivity contribution in [3.8, 4) is 11.5 Å². The number of benzene rings is 2. The molecule has 1 aliphatic carbocycles. The number of fused-ring (bicyclic) bond motifs is 1. The second-order valence-corrected chi connectivity index (χ2v) is 9.92. The molecule has 5 aromatic rings. The van der Waals surface area contributed by atoms with Crippen LogP contribution in [-0.2, 0) is 6.54 Å². The molecule has 0 radical (unpaired) electrons. The summed E-state index contributed by atoms with van der Waals surface area (Å²) in [5, 5.41) is 12.8. The van der Waals surface area contributed by atoms with E-state index >= 15 is 0 Å². The molecule has 198 valence electrons. The number of nitrogens with zero attached hydrogens (tertiary/aromatic N) is 8. The van der Waals surface area contributed by atoms with Gasteiger partial charge >= 0.3 is 0 Å². The zero-order valence-corrected chi connectivity index (χ0v) is 22.1. The van der Waals surface area contributed by atoms with Gasteiger partial charge in [0, 0.05) is 45.4 Å². The Morgan fingerprint density at radius 3 is 2.73 bits per heavy atom. The lowest BCUT2D eigenvalue weighted by molar-refractivity contribution is 0.589. The monoisotopic (exact) mass is 531 g/mol. The highest BCUT2D eigenvalue weighted by atomic mass is 19.1. The van der Waals surface area contributed by atoms with Crippen molar-refractivity contribution < 1.29 is 4.39 Å². The zero-order valence-electron chi connectivity index (χ0n) is 22.1. The Hall–Kier alpha value is -5.08. The molecule has 2 aromatic carbocycles. The Balaban J connectivity index is 1.39. The first-order valence-electron chi connectivity index (χ1n) is 13.0. The van der Waals surface area contributed by atoms with E-state index in [-0.39, 0.29) is 12.4 Å². The van der Waals surface area contributed by atoms with E-state index in [0.29, 0.717) is 45.8 Å². The fourth-order valence-corrected chi connectivity index (χ4v) is 4.87. The van der Waals surface area contributed by atoms with Crippen LogP contribution in [0.5, 0.6) is 0 Å². The van der Waals surface area contributed by atoms with Gasteiger partial charge in [0.05, 0.1) is 11.9 Å². The third kappa shape index (κ3) is 4.65. The Bertz CT molecular complexity index is 1830. The maximum atomic E-state index is 14.4. The Labute approximate surface area is 230 Å². The molecule has 1 aliphatic rings. The molecule has 6 rings (SSSR count). The molecule has 1 N–H and O–H groups in total. The largest absolute Gasteiger partial charge is 0.340 e. The molecule has 10 heteroatoms. The van der Waals surface area contributed by atoms with E-state index in [2.05, 4.69) is 26.9 Å². The molecule has 0 bridgehead atoms. The summed E-state index contributed by atoms with van der Waals surface area (Å²) < 4.78 is 16.1. The second kappa shape index (κ2) is 10.2. The summed E-state index contributed by atoms with van der Waals surface area (Å²) in [5.41, 5.74) is 15.6. The van der Waals surface area contributed by atoms with Gasteiger partial charge in [-0.15, -0.1) is 0 Å². The molecule has 3 heterocycles. The van der Waals surface area contributed by atoms with Crippen LogP contribution in [-0.4, -0.2) is 24.7 Å². The van der Waals surface area contributed by atoms with Crippen molar-refractivity contribution in [2.75, 3.05) is 5.32 Å². The molecule has 0 unspecified atom stereocenters. The minimum atomic E-state index is -0.295. The van der Waals surface area contributed by atoms with E-state index in [9.17, 15) is 4.39 Å². The zero-order chi connectivity index (χ0) is 27.8. The molecule has 0 atom stereocenters. The van der Waals surface area contributed by atoms with Crippen molar-refractivity contribution in [2.45, 2.75) is 39.2 Å². The molecule has 0 saturated heterocycles. The van der Waals surface area contributed by atoms with E-state index in [1.54, 1.807) is 35.1 Å². The summed E-state index contributed by atoms with van der Waals surface area (Å²) in [5.74, 6) is 1.21. The van der Waals surface area contributed by atoms with Crippen molar-refractivity contribution in [2.24, 2.45) is 5.11 Å². The maximum absolute atomic E-state index is 14.4. The average molecular weight is 532 g/mol. The quantitative estimate of drug-likeness (QED) is 0.126. The number of rotatable bonds is 8. The molecule has 3 aromatic heterocycles. The fourth-order valence-electron chi connectivity index (χ4n) is 4.87. The number of hydrogen-bond donors (Lipinski definition) is 1. The number of nitrogens with one attached hydrogen (secondary N) is 1. The minimum absolute atomic E-state index is 0.229. The standard InChI is InChI=1S/C30H26FN9/c1-17-18(2)26(37-39-32)13-12-22(17)19(3)35-28-24(20-10-11-20)15-34-29(36-28)27-23-8-6-14-33-30(23)40(38-27)16-21-7-4-5-9-25(21)31/h4-9,12-15,20H,3,10-11,16H2,1-2H3,(H,34,35,36). The molecule has 0 aliphatic heterocycles. The normalized spacial score (nSPS) is 12.8. The third-order valence-electron chi connectivity index (χ3n) is 7.34. The molecular formula is C30H26FN9. The highest BCUT2D eigenvalue weighted by molar-refractivity contribution is 5.89. The van der Waals surface area contributed by atoms with Crippen molar-refractivity contribution in [1.82, 2.24) is 24.7 Å². The first kappa shape index (κ1) is 25.2. The van der Waals surface area contributed by atoms with E-state index < -0.39 is 0 Å². The van der Waals surface area contributed by atoms with Gasteiger partial charge in [-0.1, -0.05) is 42.0 Å². The lowest BCUT2D eigenvalue weighted by atomic mass is 9.99. The number of hydrogen-bond acceptors (Lipinski definition) is 6. The fraction of sp³-hybridized carbons (Fsp3) is 0.200. The van der Waals surface area contributed by atoms with Crippen LogP contribution in [0.15, 0.2) is 72.6 Å². The maximum Gasteiger partial charge on any atom is 0.182 e. The molecular weight excluding hydrogens is 505 g/mol. The van der Waals surface area contributed by atoms with Crippen molar-refractivity contribution in [3.05, 3.63) is 112 Å². The van der Waals surface area contributed by atoms with E-state index in [1.165, 1.54) is 6.07 Å². The third-order valence-corrected chi connectivity index (χ3v) is 7.34. The van der Waals surface area contributed by atoms with Gasteiger partial charge in [0.2, 0.25) is 0 Å². The van der Waals surface area contributed by atoms with Gasteiger partial charge in [0.15, 0.2) is 11.5 Å². The van der Waals surface area contributed by atoms with Crippen LogP contribution in [0, 0.1) is 19.7 Å². The van der Waals surface area contributed by atoms with Gasteiger partial charge in [0.25, 0.3) is 0 Å². The van der Waals surface area contributed by atoms with Gasteiger partial charge in [-0.3, -0.25) is 0 Å². The van der Waals surface area contributed by atoms with Crippen LogP contribution in [0.25, 0.3) is 38.7 Å². The summed E-state index contributed by atoms with van der Waals surface area (Å²) in [7, 11) is 0. The lowest BCUT2D eigenvalue weighted by Gasteiger charge is -2.17. The van der Waals surface area contributed by atoms with Gasteiger partial charge in [-0.2, -0.15) is 5.10 Å². The Morgan fingerprint density at radius 2 is 1.95 bits per heavy atom. The number of azide groups is 1. The van der Waals surface area contributed by atoms with Gasteiger partial charge in [0.1, 0.15) is 17.3 Å². The molecule has 1 fully saturated rings. The van der Waals surface area contributed by atoms with Crippen LogP contribution < -0.4 is 5.32 Å². The van der Waals surface area contributed by atoms with E-state index in [1.807, 2.05) is 38.2 Å². The second-order valence-electron chi connectivity index (χ2n) is 9.92. The first-order valence-corrected chi connectivity index (χ1v) is 13.0. The van der Waals surface area contributed by atoms with Crippen LogP contribution in [0.4, 0.5) is 15.9 Å². The topological polar surface area (TPSA) is 117 Å². The van der Waals surface area contributed by atoms with Crippen LogP contribution in [0.1, 0.15) is 46.6 Å².